The predicted octanol–water partition coefficient (Wildman–Crippen LogP) is 4.33. The molecule has 0 aromatic heterocycles. The number of benzene rings is 3. The Hall–Kier alpha value is -4.40. The molecule has 190 valence electrons. The van der Waals surface area contributed by atoms with E-state index in [9.17, 15) is 9.59 Å². The first-order valence-electron chi connectivity index (χ1n) is 11.2. The molecule has 36 heavy (non-hydrogen) atoms. The van der Waals surface area contributed by atoms with Crippen LogP contribution in [0, 0.1) is 0 Å². The molecule has 3 rings (SSSR count). The molecule has 0 aliphatic carbocycles. The molecular formula is C27H30N2O7. The number of carbonyl (C=O) groups excluding carboxylic acids is 2. The minimum atomic E-state index is -0.262. The Morgan fingerprint density at radius 3 is 2.03 bits per heavy atom. The number of amides is 1. The fourth-order valence-corrected chi connectivity index (χ4v) is 3.55. The minimum absolute atomic E-state index is 0.171. The molecule has 0 fully saturated rings. The molecule has 3 N–H and O–H groups in total. The molecular weight excluding hydrogens is 464 g/mol. The van der Waals surface area contributed by atoms with Gasteiger partial charge < -0.3 is 34.7 Å². The molecule has 1 amide bonds. The standard InChI is InChI=1S/C27H30N2O7/c1-32-21-12-11-17(26(31)18-15-23(33-2)27(35-4)24(16-18)34-3)14-22(21)36-13-7-10-25(30)29-20-9-6-5-8-19(20)28/h5-6,8-9,11-12,14-16H,7,10,13,28H2,1-4H3,(H,29,30). The highest BCUT2D eigenvalue weighted by Gasteiger charge is 2.19. The van der Waals surface area contributed by atoms with Gasteiger partial charge in [0.2, 0.25) is 11.7 Å². The summed E-state index contributed by atoms with van der Waals surface area (Å²) in [4.78, 5) is 25.5. The number of carbonyl (C=O) groups is 2. The zero-order valence-corrected chi connectivity index (χ0v) is 20.8. The summed E-state index contributed by atoms with van der Waals surface area (Å²) in [7, 11) is 5.98. The Kier molecular flexibility index (Phi) is 8.99. The van der Waals surface area contributed by atoms with Gasteiger partial charge >= 0.3 is 0 Å². The molecule has 9 nitrogen and oxygen atoms in total. The van der Waals surface area contributed by atoms with Crippen LogP contribution < -0.4 is 34.7 Å². The molecule has 3 aromatic carbocycles. The van der Waals surface area contributed by atoms with Crippen LogP contribution in [0.3, 0.4) is 0 Å². The van der Waals surface area contributed by atoms with Gasteiger partial charge in [-0.1, -0.05) is 12.1 Å². The average molecular weight is 495 g/mol. The van der Waals surface area contributed by atoms with Crippen LogP contribution in [0.15, 0.2) is 54.6 Å². The molecule has 0 aliphatic rings. The number of hydrogen-bond acceptors (Lipinski definition) is 8. The van der Waals surface area contributed by atoms with Crippen molar-refractivity contribution in [1.82, 2.24) is 0 Å². The number of ether oxygens (including phenoxy) is 5. The number of nitrogens with two attached hydrogens (primary N) is 1. The van der Waals surface area contributed by atoms with Crippen LogP contribution in [0.4, 0.5) is 11.4 Å². The van der Waals surface area contributed by atoms with Crippen LogP contribution in [-0.2, 0) is 4.79 Å². The van der Waals surface area contributed by atoms with Crippen molar-refractivity contribution in [2.75, 3.05) is 46.1 Å². The van der Waals surface area contributed by atoms with E-state index in [-0.39, 0.29) is 24.7 Å². The highest BCUT2D eigenvalue weighted by atomic mass is 16.5. The average Bonchev–Trinajstić information content (AvgIpc) is 2.90. The molecule has 0 saturated heterocycles. The van der Waals surface area contributed by atoms with E-state index in [0.717, 1.165) is 0 Å². The van der Waals surface area contributed by atoms with Crippen LogP contribution in [0.1, 0.15) is 28.8 Å². The monoisotopic (exact) mass is 494 g/mol. The van der Waals surface area contributed by atoms with Gasteiger partial charge in [-0.25, -0.2) is 0 Å². The van der Waals surface area contributed by atoms with Crippen molar-refractivity contribution in [2.24, 2.45) is 0 Å². The van der Waals surface area contributed by atoms with E-state index in [1.165, 1.54) is 28.4 Å². The number of para-hydroxylation sites is 2. The Labute approximate surface area is 210 Å². The molecule has 9 heteroatoms. The third kappa shape index (κ3) is 6.18. The van der Waals surface area contributed by atoms with E-state index in [1.54, 1.807) is 54.6 Å². The highest BCUT2D eigenvalue weighted by Crippen LogP contribution is 2.39. The van der Waals surface area contributed by atoms with Gasteiger partial charge in [-0.15, -0.1) is 0 Å². The third-order valence-electron chi connectivity index (χ3n) is 5.39. The second kappa shape index (κ2) is 12.3. The summed E-state index contributed by atoms with van der Waals surface area (Å²) < 4.78 is 27.3. The van der Waals surface area contributed by atoms with Gasteiger partial charge in [0.15, 0.2) is 28.8 Å². The van der Waals surface area contributed by atoms with Crippen molar-refractivity contribution in [2.45, 2.75) is 12.8 Å². The van der Waals surface area contributed by atoms with Crippen molar-refractivity contribution in [3.8, 4) is 28.7 Å². The lowest BCUT2D eigenvalue weighted by atomic mass is 10.0. The fourth-order valence-electron chi connectivity index (χ4n) is 3.55. The number of nitrogen functional groups attached to an aromatic ring is 1. The molecule has 0 aliphatic heterocycles. The Morgan fingerprint density at radius 1 is 0.778 bits per heavy atom. The van der Waals surface area contributed by atoms with Gasteiger partial charge in [-0.05, 0) is 48.9 Å². The van der Waals surface area contributed by atoms with Crippen molar-refractivity contribution < 1.29 is 33.3 Å². The molecule has 0 bridgehead atoms. The maximum Gasteiger partial charge on any atom is 0.224 e. The number of ketones is 1. The van der Waals surface area contributed by atoms with Gasteiger partial charge in [0.25, 0.3) is 0 Å². The summed E-state index contributed by atoms with van der Waals surface area (Å²) in [6, 6.07) is 15.2. The number of anilines is 2. The molecule has 0 atom stereocenters. The number of nitrogens with one attached hydrogen (secondary N) is 1. The lowest BCUT2D eigenvalue weighted by molar-refractivity contribution is -0.116. The van der Waals surface area contributed by atoms with E-state index in [2.05, 4.69) is 5.32 Å². The molecule has 3 aromatic rings. The smallest absolute Gasteiger partial charge is 0.224 e. The van der Waals surface area contributed by atoms with Crippen molar-refractivity contribution in [3.63, 3.8) is 0 Å². The largest absolute Gasteiger partial charge is 0.493 e. The summed E-state index contributed by atoms with van der Waals surface area (Å²) in [5.41, 5.74) is 7.68. The second-order valence-corrected chi connectivity index (χ2v) is 7.70. The summed E-state index contributed by atoms with van der Waals surface area (Å²) in [6.45, 7) is 0.246. The first kappa shape index (κ1) is 26.2. The molecule has 0 spiro atoms. The first-order chi connectivity index (χ1) is 17.4. The minimum Gasteiger partial charge on any atom is -0.493 e. The molecule has 0 saturated carbocycles. The maximum atomic E-state index is 13.2. The fraction of sp³-hybridized carbons (Fsp3) is 0.259. The SMILES string of the molecule is COc1ccc(C(=O)c2cc(OC)c(OC)c(OC)c2)cc1OCCCC(=O)Nc1ccccc1N. The quantitative estimate of drug-likeness (QED) is 0.217. The van der Waals surface area contributed by atoms with Crippen LogP contribution in [0.25, 0.3) is 0 Å². The molecule has 0 unspecified atom stereocenters. The first-order valence-corrected chi connectivity index (χ1v) is 11.2. The van der Waals surface area contributed by atoms with Gasteiger partial charge in [0.05, 0.1) is 46.4 Å². The van der Waals surface area contributed by atoms with E-state index in [0.29, 0.717) is 57.7 Å². The van der Waals surface area contributed by atoms with Crippen LogP contribution in [-0.4, -0.2) is 46.7 Å². The van der Waals surface area contributed by atoms with Gasteiger partial charge in [-0.2, -0.15) is 0 Å². The van der Waals surface area contributed by atoms with Crippen molar-refractivity contribution in [3.05, 3.63) is 65.7 Å². The zero-order valence-electron chi connectivity index (χ0n) is 20.8. The molecule has 0 radical (unpaired) electrons. The van der Waals surface area contributed by atoms with Gasteiger partial charge in [-0.3, -0.25) is 9.59 Å². The summed E-state index contributed by atoms with van der Waals surface area (Å²) in [5, 5.41) is 2.78. The Bertz CT molecular complexity index is 1200. The lowest BCUT2D eigenvalue weighted by Crippen LogP contribution is -2.14. The maximum absolute atomic E-state index is 13.2. The Morgan fingerprint density at radius 2 is 1.42 bits per heavy atom. The van der Waals surface area contributed by atoms with Crippen LogP contribution in [0.5, 0.6) is 28.7 Å². The number of hydrogen-bond donors (Lipinski definition) is 2. The Balaban J connectivity index is 1.69. The zero-order chi connectivity index (χ0) is 26.1. The van der Waals surface area contributed by atoms with Gasteiger partial charge in [0, 0.05) is 17.5 Å². The van der Waals surface area contributed by atoms with Gasteiger partial charge in [0.1, 0.15) is 0 Å². The second-order valence-electron chi connectivity index (χ2n) is 7.70. The predicted molar refractivity (Wildman–Crippen MR) is 137 cm³/mol. The van der Waals surface area contributed by atoms with E-state index < -0.39 is 0 Å². The van der Waals surface area contributed by atoms with E-state index >= 15 is 0 Å². The summed E-state index contributed by atoms with van der Waals surface area (Å²) >= 11 is 0. The van der Waals surface area contributed by atoms with Crippen molar-refractivity contribution >= 4 is 23.1 Å². The topological polar surface area (TPSA) is 118 Å². The normalized spacial score (nSPS) is 10.3. The van der Waals surface area contributed by atoms with E-state index in [1.807, 2.05) is 0 Å². The third-order valence-corrected chi connectivity index (χ3v) is 5.39. The van der Waals surface area contributed by atoms with Crippen LogP contribution in [0.2, 0.25) is 0 Å². The number of rotatable bonds is 12. The summed E-state index contributed by atoms with van der Waals surface area (Å²) in [5.74, 6) is 1.58. The highest BCUT2D eigenvalue weighted by molar-refractivity contribution is 6.10. The summed E-state index contributed by atoms with van der Waals surface area (Å²) in [6.07, 6.45) is 0.688. The van der Waals surface area contributed by atoms with E-state index in [4.69, 9.17) is 29.4 Å². The molecule has 0 heterocycles. The number of methoxy groups -OCH3 is 4. The lowest BCUT2D eigenvalue weighted by Gasteiger charge is -2.15. The van der Waals surface area contributed by atoms with Crippen LogP contribution >= 0.6 is 0 Å². The van der Waals surface area contributed by atoms with Crippen molar-refractivity contribution in [1.29, 1.82) is 0 Å².